The van der Waals surface area contributed by atoms with Gasteiger partial charge >= 0.3 is 0 Å². The standard InChI is InChI=1S/C14H18FN3/c1-2-7-16-13(14-17-8-9-18-14)10-11-3-5-12(15)6-4-11/h3-6,8-9,13,16H,2,7,10H2,1H3,(H,17,18). The van der Waals surface area contributed by atoms with E-state index in [0.717, 1.165) is 30.8 Å². The molecule has 1 aromatic heterocycles. The molecule has 3 nitrogen and oxygen atoms in total. The van der Waals surface area contributed by atoms with Crippen LogP contribution in [0.4, 0.5) is 4.39 Å². The lowest BCUT2D eigenvalue weighted by Gasteiger charge is -2.16. The minimum absolute atomic E-state index is 0.144. The van der Waals surface area contributed by atoms with Crippen molar-refractivity contribution in [2.75, 3.05) is 6.54 Å². The zero-order valence-corrected chi connectivity index (χ0v) is 10.5. The van der Waals surface area contributed by atoms with Gasteiger partial charge < -0.3 is 10.3 Å². The van der Waals surface area contributed by atoms with Crippen LogP contribution >= 0.6 is 0 Å². The molecule has 0 radical (unpaired) electrons. The van der Waals surface area contributed by atoms with E-state index in [1.54, 1.807) is 6.20 Å². The molecule has 1 aromatic carbocycles. The highest BCUT2D eigenvalue weighted by Gasteiger charge is 2.13. The average Bonchev–Trinajstić information content (AvgIpc) is 2.90. The number of aromatic nitrogens is 2. The van der Waals surface area contributed by atoms with E-state index in [1.165, 1.54) is 12.1 Å². The Morgan fingerprint density at radius 2 is 2.11 bits per heavy atom. The SMILES string of the molecule is CCCNC(Cc1ccc(F)cc1)c1ncc[nH]1. The van der Waals surface area contributed by atoms with Crippen LogP contribution in [0.15, 0.2) is 36.7 Å². The van der Waals surface area contributed by atoms with Gasteiger partial charge in [0, 0.05) is 12.4 Å². The third-order valence-electron chi connectivity index (χ3n) is 2.84. The van der Waals surface area contributed by atoms with Crippen LogP contribution in [0.2, 0.25) is 0 Å². The first-order chi connectivity index (χ1) is 8.79. The van der Waals surface area contributed by atoms with E-state index in [1.807, 2.05) is 18.3 Å². The largest absolute Gasteiger partial charge is 0.347 e. The van der Waals surface area contributed by atoms with Crippen LogP contribution in [-0.4, -0.2) is 16.5 Å². The van der Waals surface area contributed by atoms with E-state index < -0.39 is 0 Å². The predicted molar refractivity (Wildman–Crippen MR) is 69.7 cm³/mol. The van der Waals surface area contributed by atoms with E-state index in [9.17, 15) is 4.39 Å². The van der Waals surface area contributed by atoms with Crippen LogP contribution in [0.5, 0.6) is 0 Å². The second-order valence-corrected chi connectivity index (χ2v) is 4.31. The second kappa shape index (κ2) is 6.31. The Hall–Kier alpha value is -1.68. The van der Waals surface area contributed by atoms with Gasteiger partial charge in [-0.05, 0) is 37.1 Å². The Bertz CT molecular complexity index is 450. The molecule has 0 amide bonds. The van der Waals surface area contributed by atoms with Gasteiger partial charge in [0.1, 0.15) is 11.6 Å². The van der Waals surface area contributed by atoms with Gasteiger partial charge in [-0.15, -0.1) is 0 Å². The van der Waals surface area contributed by atoms with Gasteiger partial charge in [0.2, 0.25) is 0 Å². The highest BCUT2D eigenvalue weighted by molar-refractivity contribution is 5.18. The van der Waals surface area contributed by atoms with E-state index in [0.29, 0.717) is 0 Å². The number of aromatic amines is 1. The van der Waals surface area contributed by atoms with Crippen molar-refractivity contribution in [1.29, 1.82) is 0 Å². The van der Waals surface area contributed by atoms with Crippen molar-refractivity contribution in [3.05, 3.63) is 53.9 Å². The van der Waals surface area contributed by atoms with Crippen molar-refractivity contribution in [2.24, 2.45) is 0 Å². The van der Waals surface area contributed by atoms with Crippen LogP contribution in [0.25, 0.3) is 0 Å². The minimum atomic E-state index is -0.199. The zero-order chi connectivity index (χ0) is 12.8. The maximum atomic E-state index is 12.9. The first-order valence-corrected chi connectivity index (χ1v) is 6.26. The lowest BCUT2D eigenvalue weighted by atomic mass is 10.1. The van der Waals surface area contributed by atoms with Gasteiger partial charge in [0.15, 0.2) is 0 Å². The van der Waals surface area contributed by atoms with E-state index in [2.05, 4.69) is 22.2 Å². The van der Waals surface area contributed by atoms with Crippen LogP contribution in [0.3, 0.4) is 0 Å². The monoisotopic (exact) mass is 247 g/mol. The molecule has 1 atom stereocenters. The molecule has 2 aromatic rings. The summed E-state index contributed by atoms with van der Waals surface area (Å²) in [5, 5.41) is 3.45. The van der Waals surface area contributed by atoms with E-state index in [4.69, 9.17) is 0 Å². The van der Waals surface area contributed by atoms with Gasteiger partial charge in [0.25, 0.3) is 0 Å². The van der Waals surface area contributed by atoms with Gasteiger partial charge in [-0.25, -0.2) is 9.37 Å². The molecule has 0 aliphatic carbocycles. The van der Waals surface area contributed by atoms with Gasteiger partial charge in [-0.3, -0.25) is 0 Å². The Balaban J connectivity index is 2.07. The summed E-state index contributed by atoms with van der Waals surface area (Å²) in [6.07, 6.45) is 5.44. The van der Waals surface area contributed by atoms with Gasteiger partial charge in [0.05, 0.1) is 6.04 Å². The first kappa shape index (κ1) is 12.8. The second-order valence-electron chi connectivity index (χ2n) is 4.31. The van der Waals surface area contributed by atoms with Crippen LogP contribution in [0, 0.1) is 5.82 Å². The highest BCUT2D eigenvalue weighted by Crippen LogP contribution is 2.15. The quantitative estimate of drug-likeness (QED) is 0.824. The molecule has 2 rings (SSSR count). The third-order valence-corrected chi connectivity index (χ3v) is 2.84. The molecular formula is C14H18FN3. The molecule has 0 saturated heterocycles. The number of hydrogen-bond donors (Lipinski definition) is 2. The summed E-state index contributed by atoms with van der Waals surface area (Å²) in [5.74, 6) is 0.725. The number of rotatable bonds is 6. The normalized spacial score (nSPS) is 12.6. The van der Waals surface area contributed by atoms with Crippen molar-refractivity contribution in [3.8, 4) is 0 Å². The predicted octanol–water partition coefficient (Wildman–Crippen LogP) is 2.83. The fraction of sp³-hybridized carbons (Fsp3) is 0.357. The lowest BCUT2D eigenvalue weighted by molar-refractivity contribution is 0.508. The molecule has 96 valence electrons. The highest BCUT2D eigenvalue weighted by atomic mass is 19.1. The first-order valence-electron chi connectivity index (χ1n) is 6.26. The zero-order valence-electron chi connectivity index (χ0n) is 10.5. The van der Waals surface area contributed by atoms with E-state index in [-0.39, 0.29) is 11.9 Å². The number of nitrogens with zero attached hydrogens (tertiary/aromatic N) is 1. The number of hydrogen-bond acceptors (Lipinski definition) is 2. The molecule has 1 unspecified atom stereocenters. The number of H-pyrrole nitrogens is 1. The molecule has 1 heterocycles. The molecule has 4 heteroatoms. The average molecular weight is 247 g/mol. The molecule has 18 heavy (non-hydrogen) atoms. The van der Waals surface area contributed by atoms with Crippen LogP contribution in [0.1, 0.15) is 30.8 Å². The Morgan fingerprint density at radius 3 is 2.72 bits per heavy atom. The summed E-state index contributed by atoms with van der Waals surface area (Å²) in [6.45, 7) is 3.07. The topological polar surface area (TPSA) is 40.7 Å². The molecule has 0 bridgehead atoms. The Kier molecular flexibility index (Phi) is 4.47. The maximum absolute atomic E-state index is 12.9. The summed E-state index contributed by atoms with van der Waals surface area (Å²) in [4.78, 5) is 7.42. The fourth-order valence-electron chi connectivity index (χ4n) is 1.91. The van der Waals surface area contributed by atoms with Crippen molar-refractivity contribution in [1.82, 2.24) is 15.3 Å². The van der Waals surface area contributed by atoms with Crippen LogP contribution < -0.4 is 5.32 Å². The number of halogens is 1. The summed E-state index contributed by atoms with van der Waals surface area (Å²) < 4.78 is 12.9. The Labute approximate surface area is 106 Å². The molecule has 0 spiro atoms. The Morgan fingerprint density at radius 1 is 1.33 bits per heavy atom. The summed E-state index contributed by atoms with van der Waals surface area (Å²) in [6, 6.07) is 6.77. The molecule has 0 fully saturated rings. The van der Waals surface area contributed by atoms with Crippen molar-refractivity contribution in [3.63, 3.8) is 0 Å². The van der Waals surface area contributed by atoms with Gasteiger partial charge in [-0.2, -0.15) is 0 Å². The van der Waals surface area contributed by atoms with E-state index >= 15 is 0 Å². The molecule has 2 N–H and O–H groups in total. The fourth-order valence-corrected chi connectivity index (χ4v) is 1.91. The van der Waals surface area contributed by atoms with Gasteiger partial charge in [-0.1, -0.05) is 19.1 Å². The smallest absolute Gasteiger partial charge is 0.123 e. The third kappa shape index (κ3) is 3.40. The molecule has 0 aliphatic rings. The minimum Gasteiger partial charge on any atom is -0.347 e. The van der Waals surface area contributed by atoms with Crippen LogP contribution in [-0.2, 0) is 6.42 Å². The molecular weight excluding hydrogens is 229 g/mol. The van der Waals surface area contributed by atoms with Crippen molar-refractivity contribution < 1.29 is 4.39 Å². The number of benzene rings is 1. The molecule has 0 aliphatic heterocycles. The number of nitrogens with one attached hydrogen (secondary N) is 2. The van der Waals surface area contributed by atoms with Crippen molar-refractivity contribution >= 4 is 0 Å². The molecule has 0 saturated carbocycles. The van der Waals surface area contributed by atoms with Crippen molar-refractivity contribution in [2.45, 2.75) is 25.8 Å². The maximum Gasteiger partial charge on any atom is 0.123 e. The number of imidazole rings is 1. The summed E-state index contributed by atoms with van der Waals surface area (Å²) in [7, 11) is 0. The summed E-state index contributed by atoms with van der Waals surface area (Å²) >= 11 is 0. The lowest BCUT2D eigenvalue weighted by Crippen LogP contribution is -2.25. The summed E-state index contributed by atoms with van der Waals surface area (Å²) in [5.41, 5.74) is 1.10.